The number of hydrogen-bond donors (Lipinski definition) is 0. The van der Waals surface area contributed by atoms with E-state index in [1.165, 1.54) is 19.3 Å². The second-order valence-corrected chi connectivity index (χ2v) is 15.3. The zero-order valence-electron chi connectivity index (χ0n) is 32.8. The number of quaternary nitrogens is 1. The van der Waals surface area contributed by atoms with E-state index < -0.39 is 32.5 Å². The van der Waals surface area contributed by atoms with Crippen LogP contribution in [0.2, 0.25) is 0 Å². The molecule has 0 aromatic carbocycles. The molecule has 51 heavy (non-hydrogen) atoms. The van der Waals surface area contributed by atoms with Gasteiger partial charge in [-0.25, -0.2) is 0 Å². The third kappa shape index (κ3) is 37.3. The SMILES string of the molecule is CC/C=C\C/C=C\C/C=C\C/C=C\CCCCC(=O)O[C@H](COC(=O)CCCCCCC/C=C\CCCCC)COP(=O)([O-])OCC[N+](C)(C)C. The smallest absolute Gasteiger partial charge is 0.306 e. The first-order chi connectivity index (χ1) is 24.5. The summed E-state index contributed by atoms with van der Waals surface area (Å²) in [5.74, 6) is -0.902. The molecule has 0 saturated heterocycles. The third-order valence-electron chi connectivity index (χ3n) is 7.77. The second-order valence-electron chi connectivity index (χ2n) is 13.9. The molecule has 0 bridgehead atoms. The number of phosphoric ester groups is 1. The number of carbonyl (C=O) groups excluding carboxylic acids is 2. The van der Waals surface area contributed by atoms with Crippen molar-refractivity contribution in [1.29, 1.82) is 0 Å². The minimum absolute atomic E-state index is 0.0429. The van der Waals surface area contributed by atoms with Gasteiger partial charge in [-0.05, 0) is 77.0 Å². The van der Waals surface area contributed by atoms with Crippen molar-refractivity contribution in [2.24, 2.45) is 0 Å². The van der Waals surface area contributed by atoms with Crippen molar-refractivity contribution >= 4 is 19.8 Å². The molecular weight excluding hydrogens is 665 g/mol. The molecule has 0 rings (SSSR count). The lowest BCUT2D eigenvalue weighted by Gasteiger charge is -2.28. The Morgan fingerprint density at radius 3 is 1.73 bits per heavy atom. The number of rotatable bonds is 34. The lowest BCUT2D eigenvalue weighted by molar-refractivity contribution is -0.870. The number of nitrogens with zero attached hydrogens (tertiary/aromatic N) is 1. The van der Waals surface area contributed by atoms with E-state index in [0.717, 1.165) is 77.0 Å². The summed E-state index contributed by atoms with van der Waals surface area (Å²) >= 11 is 0. The van der Waals surface area contributed by atoms with Crippen molar-refractivity contribution < 1.29 is 42.1 Å². The van der Waals surface area contributed by atoms with Gasteiger partial charge in [-0.3, -0.25) is 14.2 Å². The number of likely N-dealkylation sites (N-methyl/N-ethyl adjacent to an activating group) is 1. The molecule has 0 aliphatic carbocycles. The number of hydrogen-bond acceptors (Lipinski definition) is 8. The van der Waals surface area contributed by atoms with Crippen molar-refractivity contribution in [1.82, 2.24) is 0 Å². The molecule has 1 unspecified atom stereocenters. The average molecular weight is 738 g/mol. The summed E-state index contributed by atoms with van der Waals surface area (Å²) in [5.41, 5.74) is 0. The Bertz CT molecular complexity index is 1060. The molecular formula is C41H72NO8P. The van der Waals surface area contributed by atoms with Crippen molar-refractivity contribution in [2.45, 2.75) is 142 Å². The maximum absolute atomic E-state index is 12.6. The quantitative estimate of drug-likeness (QED) is 0.0211. The van der Waals surface area contributed by atoms with Gasteiger partial charge in [0.15, 0.2) is 6.10 Å². The maximum Gasteiger partial charge on any atom is 0.306 e. The van der Waals surface area contributed by atoms with Crippen LogP contribution >= 0.6 is 7.82 Å². The molecule has 0 aliphatic rings. The van der Waals surface area contributed by atoms with Crippen molar-refractivity contribution in [3.05, 3.63) is 60.8 Å². The molecule has 9 nitrogen and oxygen atoms in total. The van der Waals surface area contributed by atoms with Gasteiger partial charge in [-0.2, -0.15) is 0 Å². The van der Waals surface area contributed by atoms with E-state index in [4.69, 9.17) is 18.5 Å². The number of ether oxygens (including phenoxy) is 2. The predicted octanol–water partition coefficient (Wildman–Crippen LogP) is 9.88. The lowest BCUT2D eigenvalue weighted by Crippen LogP contribution is -2.37. The Morgan fingerprint density at radius 2 is 1.12 bits per heavy atom. The minimum Gasteiger partial charge on any atom is -0.756 e. The molecule has 0 aromatic rings. The fourth-order valence-electron chi connectivity index (χ4n) is 4.70. The van der Waals surface area contributed by atoms with Crippen LogP contribution in [0.15, 0.2) is 60.8 Å². The van der Waals surface area contributed by atoms with E-state index in [1.54, 1.807) is 0 Å². The standard InChI is InChI=1S/C41H72NO8P/c1-6-8-10-12-14-16-18-20-21-22-24-26-28-30-32-34-41(44)50-39(38-49-51(45,46)48-36-35-42(3,4)5)37-47-40(43)33-31-29-27-25-23-19-17-15-13-11-9-7-2/h8,10,14-17,20-21,24,26,39H,6-7,9,11-13,18-19,22-23,25,27-38H2,1-5H3/b10-8-,16-14-,17-15-,21-20-,26-24-/t39-/m1/s1. The normalized spacial score (nSPS) is 14.4. The number of allylic oxidation sites excluding steroid dienone is 10. The molecule has 2 atom stereocenters. The van der Waals surface area contributed by atoms with Gasteiger partial charge in [0.2, 0.25) is 0 Å². The summed E-state index contributed by atoms with van der Waals surface area (Å²) in [6.45, 7) is 3.99. The summed E-state index contributed by atoms with van der Waals surface area (Å²) in [6, 6.07) is 0. The van der Waals surface area contributed by atoms with Gasteiger partial charge in [0.1, 0.15) is 19.8 Å². The predicted molar refractivity (Wildman–Crippen MR) is 208 cm³/mol. The molecule has 294 valence electrons. The summed E-state index contributed by atoms with van der Waals surface area (Å²) in [6.07, 6.45) is 38.2. The molecule has 0 heterocycles. The second kappa shape index (κ2) is 33.5. The van der Waals surface area contributed by atoms with Crippen LogP contribution in [0.3, 0.4) is 0 Å². The highest BCUT2D eigenvalue weighted by molar-refractivity contribution is 7.45. The Morgan fingerprint density at radius 1 is 0.627 bits per heavy atom. The van der Waals surface area contributed by atoms with Gasteiger partial charge in [0.25, 0.3) is 7.82 Å². The number of unbranched alkanes of at least 4 members (excludes halogenated alkanes) is 10. The molecule has 0 fully saturated rings. The zero-order valence-corrected chi connectivity index (χ0v) is 33.7. The Hall–Kier alpha value is -2.29. The van der Waals surface area contributed by atoms with E-state index >= 15 is 0 Å². The van der Waals surface area contributed by atoms with Gasteiger partial charge in [0, 0.05) is 12.8 Å². The van der Waals surface area contributed by atoms with Crippen LogP contribution in [-0.4, -0.2) is 70.0 Å². The van der Waals surface area contributed by atoms with Crippen LogP contribution in [0.25, 0.3) is 0 Å². The Labute approximate surface area is 311 Å². The Kier molecular flexibility index (Phi) is 32.0. The Balaban J connectivity index is 4.54. The van der Waals surface area contributed by atoms with E-state index in [9.17, 15) is 19.0 Å². The minimum atomic E-state index is -4.63. The van der Waals surface area contributed by atoms with Crippen LogP contribution in [0, 0.1) is 0 Å². The fourth-order valence-corrected chi connectivity index (χ4v) is 5.42. The first kappa shape index (κ1) is 48.7. The molecule has 0 N–H and O–H groups in total. The number of carbonyl (C=O) groups is 2. The summed E-state index contributed by atoms with van der Waals surface area (Å²) < 4.78 is 33.7. The van der Waals surface area contributed by atoms with Gasteiger partial charge >= 0.3 is 11.9 Å². The number of phosphoric acid groups is 1. The van der Waals surface area contributed by atoms with Crippen molar-refractivity contribution in [3.63, 3.8) is 0 Å². The van der Waals surface area contributed by atoms with Crippen LogP contribution in [0.5, 0.6) is 0 Å². The highest BCUT2D eigenvalue weighted by Gasteiger charge is 2.21. The zero-order chi connectivity index (χ0) is 37.9. The van der Waals surface area contributed by atoms with Crippen LogP contribution in [-0.2, 0) is 32.7 Å². The fraction of sp³-hybridized carbons (Fsp3) is 0.707. The first-order valence-corrected chi connectivity index (χ1v) is 21.0. The van der Waals surface area contributed by atoms with E-state index in [-0.39, 0.29) is 26.1 Å². The summed E-state index contributed by atoms with van der Waals surface area (Å²) in [5, 5.41) is 0. The monoisotopic (exact) mass is 737 g/mol. The van der Waals surface area contributed by atoms with E-state index in [2.05, 4.69) is 74.6 Å². The number of esters is 2. The molecule has 0 spiro atoms. The van der Waals surface area contributed by atoms with Crippen molar-refractivity contribution in [2.75, 3.05) is 47.5 Å². The molecule has 0 saturated carbocycles. The van der Waals surface area contributed by atoms with Gasteiger partial charge in [-0.1, -0.05) is 107 Å². The van der Waals surface area contributed by atoms with Crippen LogP contribution < -0.4 is 4.89 Å². The maximum atomic E-state index is 12.6. The molecule has 0 aliphatic heterocycles. The van der Waals surface area contributed by atoms with Crippen LogP contribution in [0.1, 0.15) is 136 Å². The van der Waals surface area contributed by atoms with Gasteiger partial charge < -0.3 is 27.9 Å². The van der Waals surface area contributed by atoms with Crippen molar-refractivity contribution in [3.8, 4) is 0 Å². The van der Waals surface area contributed by atoms with E-state index in [1.807, 2.05) is 21.1 Å². The highest BCUT2D eigenvalue weighted by Crippen LogP contribution is 2.38. The summed E-state index contributed by atoms with van der Waals surface area (Å²) in [7, 11) is 1.12. The largest absolute Gasteiger partial charge is 0.756 e. The van der Waals surface area contributed by atoms with E-state index in [0.29, 0.717) is 23.9 Å². The van der Waals surface area contributed by atoms with Gasteiger partial charge in [0.05, 0.1) is 27.7 Å². The molecule has 10 heteroatoms. The third-order valence-corrected chi connectivity index (χ3v) is 8.74. The summed E-state index contributed by atoms with van der Waals surface area (Å²) in [4.78, 5) is 37.3. The lowest BCUT2D eigenvalue weighted by atomic mass is 10.1. The van der Waals surface area contributed by atoms with Gasteiger partial charge in [-0.15, -0.1) is 0 Å². The molecule has 0 radical (unpaired) electrons. The average Bonchev–Trinajstić information content (AvgIpc) is 3.07. The van der Waals surface area contributed by atoms with Crippen LogP contribution in [0.4, 0.5) is 0 Å². The highest BCUT2D eigenvalue weighted by atomic mass is 31.2. The molecule has 0 amide bonds. The first-order valence-electron chi connectivity index (χ1n) is 19.5. The topological polar surface area (TPSA) is 111 Å². The molecule has 0 aromatic heterocycles.